The molecular formula is C15H25N3O. The van der Waals surface area contributed by atoms with Crippen molar-refractivity contribution in [2.75, 3.05) is 30.7 Å². The molecule has 19 heavy (non-hydrogen) atoms. The molecule has 1 atom stereocenters. The largest absolute Gasteiger partial charge is 0.397 e. The van der Waals surface area contributed by atoms with Crippen LogP contribution in [0.3, 0.4) is 0 Å². The van der Waals surface area contributed by atoms with Crippen molar-refractivity contribution in [3.05, 3.63) is 24.3 Å². The number of nitrogens with one attached hydrogen (secondary N) is 1. The topological polar surface area (TPSA) is 58.4 Å². The number of anilines is 2. The summed E-state index contributed by atoms with van der Waals surface area (Å²) in [4.78, 5) is 14.2. The standard InChI is InChI=1S/C15H25N3O/c1-4-12(3)10-18(5-2)11-15(19)17-14-9-7-6-8-13(14)16/h6-9,12H,4-5,10-11,16H2,1-3H3,(H,17,19). The van der Waals surface area contributed by atoms with Crippen LogP contribution in [0.2, 0.25) is 0 Å². The van der Waals surface area contributed by atoms with Gasteiger partial charge < -0.3 is 11.1 Å². The lowest BCUT2D eigenvalue weighted by Gasteiger charge is -2.23. The summed E-state index contributed by atoms with van der Waals surface area (Å²) in [6.07, 6.45) is 1.13. The maximum Gasteiger partial charge on any atom is 0.238 e. The zero-order valence-corrected chi connectivity index (χ0v) is 12.1. The summed E-state index contributed by atoms with van der Waals surface area (Å²) in [5, 5.41) is 2.86. The smallest absolute Gasteiger partial charge is 0.238 e. The van der Waals surface area contributed by atoms with Crippen LogP contribution in [-0.2, 0) is 4.79 Å². The van der Waals surface area contributed by atoms with Crippen molar-refractivity contribution in [3.63, 3.8) is 0 Å². The third-order valence-electron chi connectivity index (χ3n) is 3.32. The number of para-hydroxylation sites is 2. The van der Waals surface area contributed by atoms with E-state index in [1.54, 1.807) is 6.07 Å². The fourth-order valence-electron chi connectivity index (χ4n) is 1.88. The van der Waals surface area contributed by atoms with Crippen LogP contribution in [0.25, 0.3) is 0 Å². The van der Waals surface area contributed by atoms with Crippen LogP contribution in [0.1, 0.15) is 27.2 Å². The Kier molecular flexibility index (Phi) is 6.36. The molecule has 0 fully saturated rings. The number of nitrogens with two attached hydrogens (primary N) is 1. The molecule has 4 nitrogen and oxygen atoms in total. The molecule has 106 valence electrons. The van der Waals surface area contributed by atoms with Gasteiger partial charge in [-0.2, -0.15) is 0 Å². The summed E-state index contributed by atoms with van der Waals surface area (Å²) < 4.78 is 0. The molecule has 0 saturated carbocycles. The number of amides is 1. The van der Waals surface area contributed by atoms with Gasteiger partial charge in [0.2, 0.25) is 5.91 Å². The van der Waals surface area contributed by atoms with E-state index in [0.29, 0.717) is 23.8 Å². The van der Waals surface area contributed by atoms with Gasteiger partial charge in [0.15, 0.2) is 0 Å². The Hall–Kier alpha value is -1.55. The molecule has 0 saturated heterocycles. The quantitative estimate of drug-likeness (QED) is 0.743. The van der Waals surface area contributed by atoms with Crippen LogP contribution in [0.15, 0.2) is 24.3 Å². The molecule has 0 aliphatic rings. The summed E-state index contributed by atoms with van der Waals surface area (Å²) >= 11 is 0. The molecule has 1 aromatic carbocycles. The molecule has 1 rings (SSSR count). The highest BCUT2D eigenvalue weighted by Crippen LogP contribution is 2.16. The molecule has 0 aromatic heterocycles. The normalized spacial score (nSPS) is 12.4. The van der Waals surface area contributed by atoms with Crippen molar-refractivity contribution in [2.45, 2.75) is 27.2 Å². The maximum atomic E-state index is 12.0. The minimum atomic E-state index is -0.0111. The molecule has 0 aliphatic carbocycles. The first kappa shape index (κ1) is 15.5. The lowest BCUT2D eigenvalue weighted by atomic mass is 10.1. The van der Waals surface area contributed by atoms with Crippen LogP contribution in [0.5, 0.6) is 0 Å². The summed E-state index contributed by atoms with van der Waals surface area (Å²) in [6, 6.07) is 7.32. The highest BCUT2D eigenvalue weighted by atomic mass is 16.2. The van der Waals surface area contributed by atoms with E-state index in [9.17, 15) is 4.79 Å². The van der Waals surface area contributed by atoms with Crippen molar-refractivity contribution in [1.29, 1.82) is 0 Å². The summed E-state index contributed by atoms with van der Waals surface area (Å²) in [5.41, 5.74) is 7.09. The molecule has 4 heteroatoms. The van der Waals surface area contributed by atoms with Crippen LogP contribution in [0, 0.1) is 5.92 Å². The first-order valence-electron chi connectivity index (χ1n) is 6.93. The second-order valence-electron chi connectivity index (χ2n) is 4.98. The Morgan fingerprint density at radius 3 is 2.63 bits per heavy atom. The number of hydrogen-bond donors (Lipinski definition) is 2. The number of nitrogen functional groups attached to an aromatic ring is 1. The minimum Gasteiger partial charge on any atom is -0.397 e. The van der Waals surface area contributed by atoms with Gasteiger partial charge in [0, 0.05) is 6.54 Å². The Morgan fingerprint density at radius 1 is 1.37 bits per heavy atom. The van der Waals surface area contributed by atoms with Crippen LogP contribution >= 0.6 is 0 Å². The fraction of sp³-hybridized carbons (Fsp3) is 0.533. The average molecular weight is 263 g/mol. The highest BCUT2D eigenvalue weighted by Gasteiger charge is 2.12. The zero-order chi connectivity index (χ0) is 14.3. The summed E-state index contributed by atoms with van der Waals surface area (Å²) in [7, 11) is 0. The second-order valence-corrected chi connectivity index (χ2v) is 4.98. The number of likely N-dealkylation sites (N-methyl/N-ethyl adjacent to an activating group) is 1. The lowest BCUT2D eigenvalue weighted by molar-refractivity contribution is -0.117. The van der Waals surface area contributed by atoms with E-state index in [-0.39, 0.29) is 5.91 Å². The van der Waals surface area contributed by atoms with Gasteiger partial charge in [-0.25, -0.2) is 0 Å². The van der Waals surface area contributed by atoms with Gasteiger partial charge in [-0.15, -0.1) is 0 Å². The number of hydrogen-bond acceptors (Lipinski definition) is 3. The predicted molar refractivity (Wildman–Crippen MR) is 81.1 cm³/mol. The monoisotopic (exact) mass is 263 g/mol. The molecule has 0 bridgehead atoms. The molecule has 1 amide bonds. The number of rotatable bonds is 7. The molecule has 1 unspecified atom stereocenters. The van der Waals surface area contributed by atoms with Gasteiger partial charge in [-0.1, -0.05) is 39.3 Å². The van der Waals surface area contributed by atoms with Gasteiger partial charge >= 0.3 is 0 Å². The van der Waals surface area contributed by atoms with Crippen molar-refractivity contribution in [1.82, 2.24) is 4.90 Å². The molecule has 0 heterocycles. The van der Waals surface area contributed by atoms with E-state index in [1.165, 1.54) is 0 Å². The van der Waals surface area contributed by atoms with Crippen molar-refractivity contribution >= 4 is 17.3 Å². The van der Waals surface area contributed by atoms with E-state index in [0.717, 1.165) is 19.5 Å². The van der Waals surface area contributed by atoms with Crippen LogP contribution < -0.4 is 11.1 Å². The first-order valence-corrected chi connectivity index (χ1v) is 6.93. The van der Waals surface area contributed by atoms with E-state index in [2.05, 4.69) is 31.0 Å². The number of nitrogens with zero attached hydrogens (tertiary/aromatic N) is 1. The SMILES string of the molecule is CCC(C)CN(CC)CC(=O)Nc1ccccc1N. The molecule has 0 radical (unpaired) electrons. The summed E-state index contributed by atoms with van der Waals surface area (Å²) in [5.74, 6) is 0.595. The third-order valence-corrected chi connectivity index (χ3v) is 3.32. The highest BCUT2D eigenvalue weighted by molar-refractivity contribution is 5.95. The second kappa shape index (κ2) is 7.79. The molecular weight excluding hydrogens is 238 g/mol. The predicted octanol–water partition coefficient (Wildman–Crippen LogP) is 2.58. The fourth-order valence-corrected chi connectivity index (χ4v) is 1.88. The van der Waals surface area contributed by atoms with Gasteiger partial charge in [-0.3, -0.25) is 9.69 Å². The van der Waals surface area contributed by atoms with Crippen molar-refractivity contribution in [2.24, 2.45) is 5.92 Å². The summed E-state index contributed by atoms with van der Waals surface area (Å²) in [6.45, 7) is 8.69. The molecule has 0 aliphatic heterocycles. The van der Waals surface area contributed by atoms with Gasteiger partial charge in [0.05, 0.1) is 17.9 Å². The molecule has 0 spiro atoms. The first-order chi connectivity index (χ1) is 9.06. The van der Waals surface area contributed by atoms with Crippen LogP contribution in [0.4, 0.5) is 11.4 Å². The zero-order valence-electron chi connectivity index (χ0n) is 12.1. The molecule has 1 aromatic rings. The van der Waals surface area contributed by atoms with Gasteiger partial charge in [0.1, 0.15) is 0 Å². The Bertz CT molecular complexity index is 406. The van der Waals surface area contributed by atoms with Crippen molar-refractivity contribution < 1.29 is 4.79 Å². The van der Waals surface area contributed by atoms with E-state index in [4.69, 9.17) is 5.73 Å². The number of carbonyl (C=O) groups is 1. The third kappa shape index (κ3) is 5.30. The Morgan fingerprint density at radius 2 is 2.05 bits per heavy atom. The number of benzene rings is 1. The van der Waals surface area contributed by atoms with Gasteiger partial charge in [0.25, 0.3) is 0 Å². The van der Waals surface area contributed by atoms with E-state index >= 15 is 0 Å². The van der Waals surface area contributed by atoms with Gasteiger partial charge in [-0.05, 0) is 24.6 Å². The average Bonchev–Trinajstić information content (AvgIpc) is 2.40. The Labute approximate surface area is 116 Å². The van der Waals surface area contributed by atoms with Crippen molar-refractivity contribution in [3.8, 4) is 0 Å². The van der Waals surface area contributed by atoms with E-state index < -0.39 is 0 Å². The molecule has 3 N–H and O–H groups in total. The maximum absolute atomic E-state index is 12.0. The number of carbonyl (C=O) groups excluding carboxylic acids is 1. The van der Waals surface area contributed by atoms with Crippen LogP contribution in [-0.4, -0.2) is 30.4 Å². The lowest BCUT2D eigenvalue weighted by Crippen LogP contribution is -2.36. The van der Waals surface area contributed by atoms with E-state index in [1.807, 2.05) is 18.2 Å². The minimum absolute atomic E-state index is 0.0111. The Balaban J connectivity index is 2.52.